The molecule has 0 fully saturated rings. The van der Waals surface area contributed by atoms with Crippen LogP contribution in [-0.4, -0.2) is 28.6 Å². The van der Waals surface area contributed by atoms with Gasteiger partial charge in [-0.15, -0.1) is 0 Å². The lowest BCUT2D eigenvalue weighted by Crippen LogP contribution is -2.31. The van der Waals surface area contributed by atoms with Crippen molar-refractivity contribution in [1.82, 2.24) is 15.0 Å². The van der Waals surface area contributed by atoms with E-state index in [1.54, 1.807) is 13.4 Å². The molecular weight excluding hydrogens is 240 g/mol. The van der Waals surface area contributed by atoms with Gasteiger partial charge in [0.15, 0.2) is 0 Å². The number of pyridine rings is 1. The van der Waals surface area contributed by atoms with Gasteiger partial charge in [0.1, 0.15) is 6.33 Å². The fraction of sp³-hybridized carbons (Fsp3) is 0.357. The van der Waals surface area contributed by atoms with Crippen molar-refractivity contribution in [2.75, 3.05) is 18.6 Å². The van der Waals surface area contributed by atoms with Gasteiger partial charge in [-0.25, -0.2) is 9.97 Å². The highest BCUT2D eigenvalue weighted by molar-refractivity contribution is 5.50. The zero-order valence-corrected chi connectivity index (χ0v) is 11.1. The van der Waals surface area contributed by atoms with Crippen LogP contribution in [-0.2, 0) is 13.0 Å². The van der Waals surface area contributed by atoms with Crippen LogP contribution < -0.4 is 9.64 Å². The highest BCUT2D eigenvalue weighted by Crippen LogP contribution is 2.27. The fourth-order valence-electron chi connectivity index (χ4n) is 2.44. The number of ether oxygens (including phenoxy) is 1. The van der Waals surface area contributed by atoms with Crippen molar-refractivity contribution >= 4 is 5.69 Å². The van der Waals surface area contributed by atoms with Crippen LogP contribution in [0.5, 0.6) is 5.88 Å². The van der Waals surface area contributed by atoms with Crippen molar-refractivity contribution in [2.45, 2.75) is 19.9 Å². The summed E-state index contributed by atoms with van der Waals surface area (Å²) in [7, 11) is 1.65. The van der Waals surface area contributed by atoms with Crippen LogP contribution in [0.2, 0.25) is 0 Å². The summed E-state index contributed by atoms with van der Waals surface area (Å²) < 4.78 is 5.33. The molecule has 3 rings (SSSR count). The van der Waals surface area contributed by atoms with Gasteiger partial charge in [-0.3, -0.25) is 4.98 Å². The second-order valence-electron chi connectivity index (χ2n) is 4.64. The van der Waals surface area contributed by atoms with Gasteiger partial charge in [0.2, 0.25) is 5.88 Å². The van der Waals surface area contributed by atoms with E-state index in [1.807, 2.05) is 19.2 Å². The van der Waals surface area contributed by atoms with E-state index in [1.165, 1.54) is 5.69 Å². The quantitative estimate of drug-likeness (QED) is 0.819. The number of nitrogens with zero attached hydrogens (tertiary/aromatic N) is 4. The maximum atomic E-state index is 5.33. The Labute approximate surface area is 112 Å². The van der Waals surface area contributed by atoms with Gasteiger partial charge in [-0.2, -0.15) is 0 Å². The summed E-state index contributed by atoms with van der Waals surface area (Å²) in [5.41, 5.74) is 4.39. The van der Waals surface area contributed by atoms with Gasteiger partial charge in [0.25, 0.3) is 0 Å². The first-order chi connectivity index (χ1) is 9.28. The molecule has 19 heavy (non-hydrogen) atoms. The lowest BCUT2D eigenvalue weighted by molar-refractivity contribution is 0.387. The fourth-order valence-corrected chi connectivity index (χ4v) is 2.44. The third-order valence-electron chi connectivity index (χ3n) is 3.40. The van der Waals surface area contributed by atoms with Crippen LogP contribution in [0.4, 0.5) is 5.69 Å². The zero-order chi connectivity index (χ0) is 13.2. The molecule has 0 radical (unpaired) electrons. The predicted octanol–water partition coefficient (Wildman–Crippen LogP) is 1.75. The Hall–Kier alpha value is -2.17. The number of aryl methyl sites for hydroxylation is 1. The summed E-state index contributed by atoms with van der Waals surface area (Å²) in [6, 6.07) is 4.13. The smallest absolute Gasteiger partial charge is 0.221 e. The van der Waals surface area contributed by atoms with Crippen molar-refractivity contribution < 1.29 is 4.74 Å². The summed E-state index contributed by atoms with van der Waals surface area (Å²) in [5.74, 6) is 0.681. The molecular formula is C14H16N4O. The molecule has 0 spiro atoms. The van der Waals surface area contributed by atoms with Crippen LogP contribution in [0.25, 0.3) is 0 Å². The lowest BCUT2D eigenvalue weighted by atomic mass is 10.1. The van der Waals surface area contributed by atoms with Gasteiger partial charge in [0.05, 0.1) is 24.9 Å². The Morgan fingerprint density at radius 1 is 1.26 bits per heavy atom. The van der Waals surface area contributed by atoms with E-state index in [2.05, 4.69) is 25.9 Å². The minimum Gasteiger partial charge on any atom is -0.481 e. The molecule has 0 aliphatic carbocycles. The number of methoxy groups -OCH3 is 1. The lowest BCUT2D eigenvalue weighted by Gasteiger charge is -2.30. The molecule has 0 saturated carbocycles. The molecule has 3 heterocycles. The third-order valence-corrected chi connectivity index (χ3v) is 3.40. The summed E-state index contributed by atoms with van der Waals surface area (Å²) in [4.78, 5) is 15.1. The monoisotopic (exact) mass is 256 g/mol. The van der Waals surface area contributed by atoms with Crippen LogP contribution in [0.15, 0.2) is 24.7 Å². The van der Waals surface area contributed by atoms with E-state index in [-0.39, 0.29) is 0 Å². The average Bonchev–Trinajstić information content (AvgIpc) is 2.46. The Bertz CT molecular complexity index is 585. The van der Waals surface area contributed by atoms with E-state index < -0.39 is 0 Å². The summed E-state index contributed by atoms with van der Waals surface area (Å²) in [6.07, 6.45) is 4.33. The van der Waals surface area contributed by atoms with Crippen LogP contribution in [0.1, 0.15) is 17.0 Å². The van der Waals surface area contributed by atoms with Gasteiger partial charge in [-0.1, -0.05) is 0 Å². The molecule has 0 N–H and O–H groups in total. The molecule has 0 atom stereocenters. The normalized spacial score (nSPS) is 14.1. The molecule has 5 heteroatoms. The Morgan fingerprint density at radius 3 is 2.95 bits per heavy atom. The molecule has 1 aliphatic heterocycles. The van der Waals surface area contributed by atoms with Gasteiger partial charge in [0, 0.05) is 30.5 Å². The van der Waals surface area contributed by atoms with Crippen molar-refractivity contribution in [2.24, 2.45) is 0 Å². The SMILES string of the molecule is COc1ncnc2c1CN(c1ccnc(C)c1)CC2. The van der Waals surface area contributed by atoms with E-state index in [9.17, 15) is 0 Å². The van der Waals surface area contributed by atoms with Gasteiger partial charge in [-0.05, 0) is 19.1 Å². The number of hydrogen-bond acceptors (Lipinski definition) is 5. The first-order valence-corrected chi connectivity index (χ1v) is 6.32. The summed E-state index contributed by atoms with van der Waals surface area (Å²) in [6.45, 7) is 3.74. The van der Waals surface area contributed by atoms with Crippen LogP contribution >= 0.6 is 0 Å². The average molecular weight is 256 g/mol. The summed E-state index contributed by atoms with van der Waals surface area (Å²) >= 11 is 0. The molecule has 2 aromatic rings. The van der Waals surface area contributed by atoms with Gasteiger partial charge >= 0.3 is 0 Å². The molecule has 0 bridgehead atoms. The molecule has 0 amide bonds. The van der Waals surface area contributed by atoms with E-state index in [0.717, 1.165) is 36.5 Å². The maximum Gasteiger partial charge on any atom is 0.221 e. The number of anilines is 1. The van der Waals surface area contributed by atoms with Crippen LogP contribution in [0.3, 0.4) is 0 Å². The van der Waals surface area contributed by atoms with E-state index in [0.29, 0.717) is 5.88 Å². The minimum atomic E-state index is 0.681. The number of fused-ring (bicyclic) bond motifs is 1. The van der Waals surface area contributed by atoms with Crippen LogP contribution in [0, 0.1) is 6.92 Å². The number of rotatable bonds is 2. The first kappa shape index (κ1) is 11.9. The largest absolute Gasteiger partial charge is 0.481 e. The van der Waals surface area contributed by atoms with Gasteiger partial charge < -0.3 is 9.64 Å². The number of hydrogen-bond donors (Lipinski definition) is 0. The second kappa shape index (κ2) is 4.84. The van der Waals surface area contributed by atoms with Crippen molar-refractivity contribution in [3.63, 3.8) is 0 Å². The highest BCUT2D eigenvalue weighted by Gasteiger charge is 2.21. The Balaban J connectivity index is 1.93. The predicted molar refractivity (Wildman–Crippen MR) is 72.3 cm³/mol. The molecule has 0 unspecified atom stereocenters. The van der Waals surface area contributed by atoms with Crippen molar-refractivity contribution in [3.8, 4) is 5.88 Å². The second-order valence-corrected chi connectivity index (χ2v) is 4.64. The zero-order valence-electron chi connectivity index (χ0n) is 11.1. The molecule has 1 aliphatic rings. The molecule has 0 aromatic carbocycles. The minimum absolute atomic E-state index is 0.681. The topological polar surface area (TPSA) is 51.1 Å². The molecule has 98 valence electrons. The Morgan fingerprint density at radius 2 is 2.16 bits per heavy atom. The van der Waals surface area contributed by atoms with Crippen molar-refractivity contribution in [1.29, 1.82) is 0 Å². The number of aromatic nitrogens is 3. The first-order valence-electron chi connectivity index (χ1n) is 6.32. The van der Waals surface area contributed by atoms with E-state index in [4.69, 9.17) is 4.74 Å². The molecule has 0 saturated heterocycles. The van der Waals surface area contributed by atoms with Crippen molar-refractivity contribution in [3.05, 3.63) is 41.6 Å². The highest BCUT2D eigenvalue weighted by atomic mass is 16.5. The standard InChI is InChI=1S/C14H16N4O/c1-10-7-11(3-5-15-10)18-6-4-13-12(8-18)14(19-2)17-9-16-13/h3,5,7,9H,4,6,8H2,1-2H3. The summed E-state index contributed by atoms with van der Waals surface area (Å²) in [5, 5.41) is 0. The third kappa shape index (κ3) is 2.23. The molecule has 2 aromatic heterocycles. The molecule has 5 nitrogen and oxygen atoms in total. The Kier molecular flexibility index (Phi) is 3.03. The van der Waals surface area contributed by atoms with E-state index >= 15 is 0 Å². The maximum absolute atomic E-state index is 5.33.